The van der Waals surface area contributed by atoms with E-state index in [1.165, 1.54) is 12.1 Å². The van der Waals surface area contributed by atoms with Gasteiger partial charge >= 0.3 is 5.69 Å². The van der Waals surface area contributed by atoms with Crippen LogP contribution in [0.4, 0.5) is 0 Å². The molecule has 39 heavy (non-hydrogen) atoms. The Morgan fingerprint density at radius 1 is 1.08 bits per heavy atom. The molecule has 0 fully saturated rings. The summed E-state index contributed by atoms with van der Waals surface area (Å²) < 4.78 is 14.2. The molecule has 0 amide bonds. The summed E-state index contributed by atoms with van der Waals surface area (Å²) in [5.74, 6) is 0.536. The number of fused-ring (bicyclic) bond motifs is 1. The number of nitrogens with zero attached hydrogens (tertiary/aromatic N) is 4. The number of benzene rings is 2. The average Bonchev–Trinajstić information content (AvgIpc) is 2.85. The molecule has 0 saturated carbocycles. The van der Waals surface area contributed by atoms with E-state index in [2.05, 4.69) is 24.7 Å². The zero-order chi connectivity index (χ0) is 28.5. The first-order valence-corrected chi connectivity index (χ1v) is 16.4. The van der Waals surface area contributed by atoms with Crippen LogP contribution in [0.15, 0.2) is 50.8 Å². The van der Waals surface area contributed by atoms with Gasteiger partial charge in [-0.1, -0.05) is 42.8 Å². The van der Waals surface area contributed by atoms with Gasteiger partial charge in [0.25, 0.3) is 11.1 Å². The number of aromatic nitrogens is 4. The average molecular weight is 587 g/mol. The van der Waals surface area contributed by atoms with Gasteiger partial charge < -0.3 is 9.47 Å². The van der Waals surface area contributed by atoms with Crippen LogP contribution in [0, 0.1) is 18.3 Å². The maximum atomic E-state index is 12.8. The molecule has 0 aliphatic rings. The van der Waals surface area contributed by atoms with Crippen LogP contribution in [0.25, 0.3) is 16.6 Å². The molecular formula is C26H25Cl2N5O5Si. The van der Waals surface area contributed by atoms with Crippen LogP contribution in [-0.2, 0) is 11.5 Å². The van der Waals surface area contributed by atoms with Crippen molar-refractivity contribution in [1.29, 1.82) is 5.26 Å². The van der Waals surface area contributed by atoms with Crippen LogP contribution in [-0.4, -0.2) is 34.0 Å². The number of hydrogen-bond acceptors (Lipinski definition) is 7. The fourth-order valence-corrected chi connectivity index (χ4v) is 5.08. The standard InChI is InChI=1S/C26H25Cl2N5O5Si/c1-15-9-16-10-18(5-6-22(16)32(25(15)35)14-37-7-8-39(2,3)4)38-23-19(27)11-17(12-20(23)28)33-26(36)30-24(34)21(13-29)31-33/h5-6,9-12H,7-8,14H2,1-4H3,(H,30,34,36). The Hall–Kier alpha value is -3.69. The predicted octanol–water partition coefficient (Wildman–Crippen LogP) is 4.83. The van der Waals surface area contributed by atoms with E-state index in [0.717, 1.165) is 16.1 Å². The Labute approximate surface area is 234 Å². The van der Waals surface area contributed by atoms with E-state index in [-0.39, 0.29) is 33.8 Å². The smallest absolute Gasteiger partial charge is 0.349 e. The summed E-state index contributed by atoms with van der Waals surface area (Å²) in [6.07, 6.45) is 0. The summed E-state index contributed by atoms with van der Waals surface area (Å²) in [6, 6.07) is 12.3. The van der Waals surface area contributed by atoms with Gasteiger partial charge in [-0.2, -0.15) is 9.94 Å². The number of pyridine rings is 1. The first-order valence-electron chi connectivity index (χ1n) is 11.9. The maximum absolute atomic E-state index is 12.8. The number of hydrogen-bond donors (Lipinski definition) is 1. The van der Waals surface area contributed by atoms with Crippen molar-refractivity contribution in [3.8, 4) is 23.3 Å². The maximum Gasteiger partial charge on any atom is 0.349 e. The van der Waals surface area contributed by atoms with E-state index in [1.54, 1.807) is 41.8 Å². The summed E-state index contributed by atoms with van der Waals surface area (Å²) >= 11 is 12.9. The number of rotatable bonds is 8. The monoisotopic (exact) mass is 585 g/mol. The van der Waals surface area contributed by atoms with Crippen LogP contribution in [0.2, 0.25) is 35.7 Å². The second-order valence-electron chi connectivity index (χ2n) is 10.1. The molecule has 2 aromatic heterocycles. The molecule has 13 heteroatoms. The minimum atomic E-state index is -1.26. The molecule has 0 radical (unpaired) electrons. The largest absolute Gasteiger partial charge is 0.454 e. The number of nitrogens with one attached hydrogen (secondary N) is 1. The minimum absolute atomic E-state index is 0.0629. The molecule has 2 aromatic carbocycles. The lowest BCUT2D eigenvalue weighted by atomic mass is 10.1. The van der Waals surface area contributed by atoms with Gasteiger partial charge in [0.1, 0.15) is 18.5 Å². The molecule has 0 aliphatic heterocycles. The topological polar surface area (TPSA) is 132 Å². The van der Waals surface area contributed by atoms with Crippen molar-refractivity contribution < 1.29 is 9.47 Å². The molecule has 4 rings (SSSR count). The summed E-state index contributed by atoms with van der Waals surface area (Å²) in [7, 11) is -1.26. The SMILES string of the molecule is Cc1cc2cc(Oc3c(Cl)cc(-n4nc(C#N)c(=O)[nH]c4=O)cc3Cl)ccc2n(COCC[Si](C)(C)C)c1=O. The fourth-order valence-electron chi connectivity index (χ4n) is 3.77. The Bertz CT molecular complexity index is 1780. The second kappa shape index (κ2) is 11.2. The molecule has 2 heterocycles. The molecule has 1 N–H and O–H groups in total. The summed E-state index contributed by atoms with van der Waals surface area (Å²) in [6.45, 7) is 9.28. The van der Waals surface area contributed by atoms with Crippen molar-refractivity contribution in [2.24, 2.45) is 0 Å². The third kappa shape index (κ3) is 6.31. The lowest BCUT2D eigenvalue weighted by Gasteiger charge is -2.17. The van der Waals surface area contributed by atoms with Gasteiger partial charge in [0.15, 0.2) is 5.75 Å². The van der Waals surface area contributed by atoms with Crippen LogP contribution < -0.4 is 21.5 Å². The highest BCUT2D eigenvalue weighted by molar-refractivity contribution is 6.76. The lowest BCUT2D eigenvalue weighted by Crippen LogP contribution is -2.33. The Morgan fingerprint density at radius 3 is 2.41 bits per heavy atom. The Balaban J connectivity index is 1.65. The van der Waals surface area contributed by atoms with Gasteiger partial charge in [0, 0.05) is 25.6 Å². The van der Waals surface area contributed by atoms with Crippen LogP contribution in [0.1, 0.15) is 11.3 Å². The highest BCUT2D eigenvalue weighted by Gasteiger charge is 2.17. The van der Waals surface area contributed by atoms with E-state index >= 15 is 0 Å². The predicted molar refractivity (Wildman–Crippen MR) is 152 cm³/mol. The van der Waals surface area contributed by atoms with Gasteiger partial charge in [-0.3, -0.25) is 19.1 Å². The molecule has 0 atom stereocenters. The van der Waals surface area contributed by atoms with Crippen LogP contribution >= 0.6 is 23.2 Å². The quantitative estimate of drug-likeness (QED) is 0.231. The van der Waals surface area contributed by atoms with Gasteiger partial charge in [0.2, 0.25) is 5.69 Å². The highest BCUT2D eigenvalue weighted by atomic mass is 35.5. The number of nitriles is 1. The zero-order valence-corrected chi connectivity index (χ0v) is 24.2. The molecule has 0 spiro atoms. The Morgan fingerprint density at radius 2 is 1.77 bits per heavy atom. The first-order chi connectivity index (χ1) is 18.4. The minimum Gasteiger partial charge on any atom is -0.454 e. The molecule has 0 unspecified atom stereocenters. The second-order valence-corrected chi connectivity index (χ2v) is 16.5. The molecule has 4 aromatic rings. The van der Waals surface area contributed by atoms with Crippen molar-refractivity contribution in [2.75, 3.05) is 6.61 Å². The molecule has 0 bridgehead atoms. The number of aryl methyl sites for hydroxylation is 1. The van der Waals surface area contributed by atoms with Gasteiger partial charge in [0.05, 0.1) is 21.2 Å². The number of ether oxygens (including phenoxy) is 2. The summed E-state index contributed by atoms with van der Waals surface area (Å²) in [5.41, 5.74) is -1.00. The number of aromatic amines is 1. The number of H-pyrrole nitrogens is 1. The van der Waals surface area contributed by atoms with Crippen molar-refractivity contribution in [3.05, 3.63) is 88.9 Å². The number of halogens is 2. The van der Waals surface area contributed by atoms with E-state index in [9.17, 15) is 14.4 Å². The van der Waals surface area contributed by atoms with E-state index < -0.39 is 25.0 Å². The third-order valence-electron chi connectivity index (χ3n) is 5.84. The molecular weight excluding hydrogens is 561 g/mol. The fraction of sp³-hybridized carbons (Fsp3) is 0.269. The van der Waals surface area contributed by atoms with Gasteiger partial charge in [-0.05, 0) is 49.4 Å². The van der Waals surface area contributed by atoms with Crippen molar-refractivity contribution in [2.45, 2.75) is 39.3 Å². The van der Waals surface area contributed by atoms with Crippen LogP contribution in [0.5, 0.6) is 11.5 Å². The third-order valence-corrected chi connectivity index (χ3v) is 8.11. The lowest BCUT2D eigenvalue weighted by molar-refractivity contribution is 0.0877. The van der Waals surface area contributed by atoms with Gasteiger partial charge in [-0.25, -0.2) is 4.79 Å². The highest BCUT2D eigenvalue weighted by Crippen LogP contribution is 2.38. The summed E-state index contributed by atoms with van der Waals surface area (Å²) in [5, 5.41) is 13.7. The molecule has 202 valence electrons. The van der Waals surface area contributed by atoms with Crippen LogP contribution in [0.3, 0.4) is 0 Å². The van der Waals surface area contributed by atoms with E-state index in [4.69, 9.17) is 37.9 Å². The molecule has 10 nitrogen and oxygen atoms in total. The normalized spacial score (nSPS) is 11.5. The Kier molecular flexibility index (Phi) is 8.13. The van der Waals surface area contributed by atoms with Crippen molar-refractivity contribution in [3.63, 3.8) is 0 Å². The van der Waals surface area contributed by atoms with E-state index in [1.807, 2.05) is 4.98 Å². The molecule has 0 aliphatic carbocycles. The van der Waals surface area contributed by atoms with Crippen molar-refractivity contribution >= 4 is 42.2 Å². The summed E-state index contributed by atoms with van der Waals surface area (Å²) in [4.78, 5) is 38.7. The van der Waals surface area contributed by atoms with E-state index in [0.29, 0.717) is 23.4 Å². The molecule has 0 saturated heterocycles. The first kappa shape index (κ1) is 28.3. The van der Waals surface area contributed by atoms with Crippen molar-refractivity contribution in [1.82, 2.24) is 19.3 Å². The zero-order valence-electron chi connectivity index (χ0n) is 21.7. The van der Waals surface area contributed by atoms with Gasteiger partial charge in [-0.15, -0.1) is 5.10 Å².